The van der Waals surface area contributed by atoms with Crippen molar-refractivity contribution < 1.29 is 9.59 Å². The van der Waals surface area contributed by atoms with Crippen LogP contribution in [0.2, 0.25) is 0 Å². The topological polar surface area (TPSA) is 70.8 Å². The molecule has 1 unspecified atom stereocenters. The Bertz CT molecular complexity index is 902. The molecule has 2 amide bonds. The largest absolute Gasteiger partial charge is 0.336 e. The van der Waals surface area contributed by atoms with Crippen LogP contribution in [0.25, 0.3) is 0 Å². The van der Waals surface area contributed by atoms with Gasteiger partial charge in [-0.2, -0.15) is 10.1 Å². The molecular weight excluding hydrogens is 342 g/mol. The van der Waals surface area contributed by atoms with E-state index in [-0.39, 0.29) is 23.8 Å². The normalized spacial score (nSPS) is 24.6. The highest BCUT2D eigenvalue weighted by Crippen LogP contribution is 2.32. The Morgan fingerprint density at radius 2 is 2.04 bits per heavy atom. The van der Waals surface area contributed by atoms with Crippen LogP contribution in [0.3, 0.4) is 0 Å². The molecule has 0 spiro atoms. The van der Waals surface area contributed by atoms with Crippen LogP contribution >= 0.6 is 0 Å². The first-order valence-electron chi connectivity index (χ1n) is 9.31. The second-order valence-corrected chi connectivity index (χ2v) is 8.56. The maximum absolute atomic E-state index is 13.5. The third-order valence-electron chi connectivity index (χ3n) is 5.42. The molecule has 7 heteroatoms. The molecule has 1 atom stereocenters. The Morgan fingerprint density at radius 3 is 2.78 bits per heavy atom. The minimum absolute atomic E-state index is 0.0441. The number of amides is 2. The minimum Gasteiger partial charge on any atom is -0.336 e. The number of carbonyl (C=O) groups excluding carboxylic acids is 2. The number of aromatic nitrogens is 2. The van der Waals surface area contributed by atoms with E-state index in [0.29, 0.717) is 18.9 Å². The Balaban J connectivity index is 1.61. The predicted octanol–water partition coefficient (Wildman–Crippen LogP) is 2.00. The standard InChI is InChI=1S/C20H25N5O2/c1-19(2,3)25-15-8-10-23(13-14(15)12-21-25)18(27)20(4)11-17(26)22-16-7-5-6-9-24(16)20/h5-7,9,12H,8,10-11,13H2,1-4H3. The number of hydrogen-bond donors (Lipinski definition) is 0. The number of allylic oxidation sites excluding steroid dienone is 2. The molecule has 0 aromatic carbocycles. The van der Waals surface area contributed by atoms with Gasteiger partial charge in [0.1, 0.15) is 11.4 Å². The lowest BCUT2D eigenvalue weighted by Crippen LogP contribution is -2.61. The van der Waals surface area contributed by atoms with Crippen LogP contribution in [0, 0.1) is 0 Å². The maximum Gasteiger partial charge on any atom is 0.250 e. The Morgan fingerprint density at radius 1 is 1.26 bits per heavy atom. The third-order valence-corrected chi connectivity index (χ3v) is 5.42. The Hall–Kier alpha value is -2.70. The highest BCUT2D eigenvalue weighted by atomic mass is 16.2. The molecule has 0 N–H and O–H groups in total. The number of hydrogen-bond acceptors (Lipinski definition) is 4. The first-order chi connectivity index (χ1) is 12.7. The second kappa shape index (κ2) is 5.90. The molecule has 1 aromatic heterocycles. The number of nitrogens with zero attached hydrogens (tertiary/aromatic N) is 5. The zero-order valence-electron chi connectivity index (χ0n) is 16.3. The lowest BCUT2D eigenvalue weighted by Gasteiger charge is -2.44. The molecule has 0 saturated carbocycles. The van der Waals surface area contributed by atoms with Gasteiger partial charge in [-0.15, -0.1) is 0 Å². The van der Waals surface area contributed by atoms with Crippen molar-refractivity contribution in [2.45, 2.75) is 58.2 Å². The molecule has 3 aliphatic rings. The van der Waals surface area contributed by atoms with Crippen molar-refractivity contribution >= 4 is 17.6 Å². The highest BCUT2D eigenvalue weighted by molar-refractivity contribution is 6.09. The molecule has 27 heavy (non-hydrogen) atoms. The summed E-state index contributed by atoms with van der Waals surface area (Å²) in [5.41, 5.74) is 1.24. The lowest BCUT2D eigenvalue weighted by molar-refractivity contribution is -0.144. The molecule has 0 aliphatic carbocycles. The van der Waals surface area contributed by atoms with E-state index in [1.807, 2.05) is 41.3 Å². The molecule has 0 bridgehead atoms. The van der Waals surface area contributed by atoms with E-state index in [9.17, 15) is 9.59 Å². The van der Waals surface area contributed by atoms with Crippen molar-refractivity contribution in [3.05, 3.63) is 41.9 Å². The van der Waals surface area contributed by atoms with Gasteiger partial charge >= 0.3 is 0 Å². The van der Waals surface area contributed by atoms with Gasteiger partial charge in [0, 0.05) is 37.0 Å². The van der Waals surface area contributed by atoms with E-state index >= 15 is 0 Å². The zero-order chi connectivity index (χ0) is 19.4. The molecule has 7 nitrogen and oxygen atoms in total. The summed E-state index contributed by atoms with van der Waals surface area (Å²) in [4.78, 5) is 33.4. The summed E-state index contributed by atoms with van der Waals surface area (Å²) in [6, 6.07) is 0. The molecule has 142 valence electrons. The van der Waals surface area contributed by atoms with E-state index in [2.05, 4.69) is 35.5 Å². The van der Waals surface area contributed by atoms with Crippen LogP contribution in [0.15, 0.2) is 35.6 Å². The molecule has 4 heterocycles. The van der Waals surface area contributed by atoms with Crippen LogP contribution in [-0.4, -0.2) is 49.3 Å². The van der Waals surface area contributed by atoms with Gasteiger partial charge in [0.15, 0.2) is 0 Å². The summed E-state index contributed by atoms with van der Waals surface area (Å²) in [6.45, 7) is 9.36. The molecule has 3 aliphatic heterocycles. The van der Waals surface area contributed by atoms with Crippen LogP contribution in [0.4, 0.5) is 0 Å². The van der Waals surface area contributed by atoms with E-state index in [1.165, 1.54) is 5.69 Å². The Labute approximate surface area is 159 Å². The molecule has 0 saturated heterocycles. The van der Waals surface area contributed by atoms with Gasteiger partial charge < -0.3 is 9.80 Å². The number of aliphatic imine (C=N–C) groups is 1. The summed E-state index contributed by atoms with van der Waals surface area (Å²) in [6.07, 6.45) is 10.00. The summed E-state index contributed by atoms with van der Waals surface area (Å²) >= 11 is 0. The van der Waals surface area contributed by atoms with Crippen LogP contribution in [0.5, 0.6) is 0 Å². The molecule has 0 fully saturated rings. The average molecular weight is 367 g/mol. The van der Waals surface area contributed by atoms with E-state index in [0.717, 1.165) is 12.0 Å². The molecule has 1 aromatic rings. The smallest absolute Gasteiger partial charge is 0.250 e. The summed E-state index contributed by atoms with van der Waals surface area (Å²) in [7, 11) is 0. The average Bonchev–Trinajstić information content (AvgIpc) is 3.04. The van der Waals surface area contributed by atoms with Crippen molar-refractivity contribution in [1.29, 1.82) is 0 Å². The second-order valence-electron chi connectivity index (χ2n) is 8.56. The molecular formula is C20H25N5O2. The molecule has 0 radical (unpaired) electrons. The monoisotopic (exact) mass is 367 g/mol. The first-order valence-corrected chi connectivity index (χ1v) is 9.31. The van der Waals surface area contributed by atoms with Crippen molar-refractivity contribution in [3.8, 4) is 0 Å². The van der Waals surface area contributed by atoms with Crippen molar-refractivity contribution in [1.82, 2.24) is 19.6 Å². The highest BCUT2D eigenvalue weighted by Gasteiger charge is 2.47. The van der Waals surface area contributed by atoms with Gasteiger partial charge in [-0.3, -0.25) is 14.3 Å². The maximum atomic E-state index is 13.5. The zero-order valence-corrected chi connectivity index (χ0v) is 16.3. The summed E-state index contributed by atoms with van der Waals surface area (Å²) in [5.74, 6) is 0.232. The van der Waals surface area contributed by atoms with Crippen molar-refractivity contribution in [2.75, 3.05) is 6.54 Å². The molecule has 4 rings (SSSR count). The van der Waals surface area contributed by atoms with Gasteiger partial charge in [0.05, 0.1) is 18.2 Å². The number of rotatable bonds is 1. The quantitative estimate of drug-likeness (QED) is 0.761. The van der Waals surface area contributed by atoms with Gasteiger partial charge in [-0.05, 0) is 39.8 Å². The first kappa shape index (κ1) is 17.7. The summed E-state index contributed by atoms with van der Waals surface area (Å²) in [5, 5.41) is 4.55. The number of carbonyl (C=O) groups is 2. The van der Waals surface area contributed by atoms with E-state index in [1.54, 1.807) is 6.08 Å². The van der Waals surface area contributed by atoms with Gasteiger partial charge in [-0.25, -0.2) is 0 Å². The minimum atomic E-state index is -0.951. The SMILES string of the molecule is CC1(C(=O)N2CCc3c(cnn3C(C)(C)C)C2)CC(=O)N=C2C=CC=CN21. The fourth-order valence-corrected chi connectivity index (χ4v) is 4.09. The summed E-state index contributed by atoms with van der Waals surface area (Å²) < 4.78 is 2.05. The fraction of sp³-hybridized carbons (Fsp3) is 0.500. The number of fused-ring (bicyclic) bond motifs is 2. The Kier molecular flexibility index (Phi) is 3.87. The van der Waals surface area contributed by atoms with Crippen molar-refractivity contribution in [3.63, 3.8) is 0 Å². The van der Waals surface area contributed by atoms with Gasteiger partial charge in [-0.1, -0.05) is 6.08 Å². The van der Waals surface area contributed by atoms with Gasteiger partial charge in [0.2, 0.25) is 5.91 Å². The predicted molar refractivity (Wildman–Crippen MR) is 102 cm³/mol. The lowest BCUT2D eigenvalue weighted by atomic mass is 9.89. The van der Waals surface area contributed by atoms with E-state index < -0.39 is 5.54 Å². The van der Waals surface area contributed by atoms with Crippen LogP contribution < -0.4 is 0 Å². The van der Waals surface area contributed by atoms with Gasteiger partial charge in [0.25, 0.3) is 5.91 Å². The number of amidine groups is 1. The van der Waals surface area contributed by atoms with Crippen LogP contribution in [0.1, 0.15) is 45.4 Å². The van der Waals surface area contributed by atoms with E-state index in [4.69, 9.17) is 0 Å². The van der Waals surface area contributed by atoms with Crippen LogP contribution in [-0.2, 0) is 28.1 Å². The fourth-order valence-electron chi connectivity index (χ4n) is 4.09. The third kappa shape index (κ3) is 2.81. The van der Waals surface area contributed by atoms with Crippen molar-refractivity contribution in [2.24, 2.45) is 4.99 Å².